The number of nitrogens with zero attached hydrogens (tertiary/aromatic N) is 2. The van der Waals surface area contributed by atoms with E-state index in [-0.39, 0.29) is 0 Å². The van der Waals surface area contributed by atoms with Crippen molar-refractivity contribution < 1.29 is 0 Å². The molecule has 0 radical (unpaired) electrons. The first-order valence-electron chi connectivity index (χ1n) is 3.51. The number of rotatable bonds is 3. The monoisotopic (exact) mass is 171 g/mol. The molecule has 0 spiro atoms. The Balaban J connectivity index is 2.52. The van der Waals surface area contributed by atoms with Crippen LogP contribution in [0.2, 0.25) is 5.15 Å². The zero-order valence-corrected chi connectivity index (χ0v) is 7.10. The van der Waals surface area contributed by atoms with Gasteiger partial charge < -0.3 is 5.32 Å². The topological polar surface area (TPSA) is 37.8 Å². The summed E-state index contributed by atoms with van der Waals surface area (Å²) in [5.41, 5.74) is 0.913. The van der Waals surface area contributed by atoms with E-state index in [0.717, 1.165) is 18.8 Å². The highest BCUT2D eigenvalue weighted by molar-refractivity contribution is 6.29. The van der Waals surface area contributed by atoms with Gasteiger partial charge in [-0.1, -0.05) is 18.5 Å². The number of nitrogens with one attached hydrogen (secondary N) is 1. The Morgan fingerprint density at radius 3 is 2.82 bits per heavy atom. The summed E-state index contributed by atoms with van der Waals surface area (Å²) in [5.74, 6) is 0. The van der Waals surface area contributed by atoms with Gasteiger partial charge in [0.1, 0.15) is 0 Å². The second-order valence-corrected chi connectivity index (χ2v) is 2.51. The van der Waals surface area contributed by atoms with Crippen LogP contribution in [0.4, 0.5) is 0 Å². The molecule has 0 aromatic carbocycles. The van der Waals surface area contributed by atoms with Crippen LogP contribution >= 0.6 is 11.6 Å². The van der Waals surface area contributed by atoms with E-state index >= 15 is 0 Å². The summed E-state index contributed by atoms with van der Waals surface area (Å²) in [6.07, 6.45) is 0. The number of hydrogen-bond acceptors (Lipinski definition) is 3. The molecule has 0 atom stereocenters. The molecule has 0 unspecified atom stereocenters. The molecule has 0 aliphatic rings. The predicted molar refractivity (Wildman–Crippen MR) is 44.4 cm³/mol. The van der Waals surface area contributed by atoms with Gasteiger partial charge in [-0.15, -0.1) is 5.10 Å². The Kier molecular flexibility index (Phi) is 3.26. The molecule has 60 valence electrons. The van der Waals surface area contributed by atoms with Gasteiger partial charge >= 0.3 is 0 Å². The van der Waals surface area contributed by atoms with E-state index in [1.54, 1.807) is 6.07 Å². The zero-order valence-electron chi connectivity index (χ0n) is 6.34. The van der Waals surface area contributed by atoms with E-state index in [1.165, 1.54) is 0 Å². The number of hydrogen-bond donors (Lipinski definition) is 1. The minimum atomic E-state index is 0.435. The normalized spacial score (nSPS) is 10.0. The van der Waals surface area contributed by atoms with Crippen molar-refractivity contribution in [2.24, 2.45) is 0 Å². The molecule has 0 saturated carbocycles. The standard InChI is InChI=1S/C7H10ClN3/c1-2-9-5-6-3-4-7(8)11-10-6/h3-4,9H,2,5H2,1H3. The Bertz CT molecular complexity index is 209. The van der Waals surface area contributed by atoms with E-state index < -0.39 is 0 Å². The summed E-state index contributed by atoms with van der Waals surface area (Å²) in [5, 5.41) is 11.2. The van der Waals surface area contributed by atoms with Gasteiger partial charge in [-0.25, -0.2) is 0 Å². The van der Waals surface area contributed by atoms with Gasteiger partial charge in [0, 0.05) is 6.54 Å². The van der Waals surface area contributed by atoms with Crippen molar-refractivity contribution in [1.82, 2.24) is 15.5 Å². The SMILES string of the molecule is CCNCc1ccc(Cl)nn1. The lowest BCUT2D eigenvalue weighted by Crippen LogP contribution is -2.13. The molecule has 0 bridgehead atoms. The molecule has 1 N–H and O–H groups in total. The highest BCUT2D eigenvalue weighted by atomic mass is 35.5. The Morgan fingerprint density at radius 2 is 2.27 bits per heavy atom. The van der Waals surface area contributed by atoms with E-state index in [1.807, 2.05) is 13.0 Å². The molecule has 0 aliphatic carbocycles. The molecule has 1 aromatic rings. The maximum atomic E-state index is 5.55. The highest BCUT2D eigenvalue weighted by Crippen LogP contribution is 2.01. The van der Waals surface area contributed by atoms with Crippen LogP contribution in [0.1, 0.15) is 12.6 Å². The summed E-state index contributed by atoms with van der Waals surface area (Å²) in [7, 11) is 0. The van der Waals surface area contributed by atoms with Crippen molar-refractivity contribution in [2.45, 2.75) is 13.5 Å². The fourth-order valence-corrected chi connectivity index (χ4v) is 0.792. The van der Waals surface area contributed by atoms with Crippen molar-refractivity contribution >= 4 is 11.6 Å². The van der Waals surface area contributed by atoms with Crippen molar-refractivity contribution in [1.29, 1.82) is 0 Å². The average molecular weight is 172 g/mol. The molecule has 1 heterocycles. The second-order valence-electron chi connectivity index (χ2n) is 2.13. The first kappa shape index (κ1) is 8.43. The molecular weight excluding hydrogens is 162 g/mol. The molecule has 11 heavy (non-hydrogen) atoms. The Morgan fingerprint density at radius 1 is 1.45 bits per heavy atom. The lowest BCUT2D eigenvalue weighted by molar-refractivity contribution is 0.698. The van der Waals surface area contributed by atoms with E-state index in [2.05, 4.69) is 15.5 Å². The average Bonchev–Trinajstić information content (AvgIpc) is 2.04. The first-order chi connectivity index (χ1) is 5.33. The molecule has 0 fully saturated rings. The fourth-order valence-electron chi connectivity index (χ4n) is 0.691. The van der Waals surface area contributed by atoms with Crippen LogP contribution in [0.3, 0.4) is 0 Å². The molecule has 4 heteroatoms. The fraction of sp³-hybridized carbons (Fsp3) is 0.429. The van der Waals surface area contributed by atoms with Crippen molar-refractivity contribution in [3.63, 3.8) is 0 Å². The van der Waals surface area contributed by atoms with Gasteiger partial charge in [0.2, 0.25) is 0 Å². The van der Waals surface area contributed by atoms with Gasteiger partial charge in [-0.3, -0.25) is 0 Å². The van der Waals surface area contributed by atoms with Gasteiger partial charge in [0.25, 0.3) is 0 Å². The summed E-state index contributed by atoms with van der Waals surface area (Å²) in [6.45, 7) is 3.73. The molecule has 1 aromatic heterocycles. The summed E-state index contributed by atoms with van der Waals surface area (Å²) in [4.78, 5) is 0. The van der Waals surface area contributed by atoms with Crippen LogP contribution < -0.4 is 5.32 Å². The number of halogens is 1. The maximum absolute atomic E-state index is 5.55. The lowest BCUT2D eigenvalue weighted by atomic mass is 10.4. The Hall–Kier alpha value is -0.670. The summed E-state index contributed by atoms with van der Waals surface area (Å²) >= 11 is 5.55. The van der Waals surface area contributed by atoms with E-state index in [4.69, 9.17) is 11.6 Å². The van der Waals surface area contributed by atoms with Crippen LogP contribution in [0.5, 0.6) is 0 Å². The maximum Gasteiger partial charge on any atom is 0.151 e. The third-order valence-electron chi connectivity index (χ3n) is 1.24. The van der Waals surface area contributed by atoms with Crippen LogP contribution in [0.15, 0.2) is 12.1 Å². The quantitative estimate of drug-likeness (QED) is 0.744. The van der Waals surface area contributed by atoms with Gasteiger partial charge in [0.05, 0.1) is 5.69 Å². The zero-order chi connectivity index (χ0) is 8.10. The van der Waals surface area contributed by atoms with Crippen LogP contribution in [-0.2, 0) is 6.54 Å². The predicted octanol–water partition coefficient (Wildman–Crippen LogP) is 1.24. The highest BCUT2D eigenvalue weighted by Gasteiger charge is 1.93. The van der Waals surface area contributed by atoms with Crippen LogP contribution in [0.25, 0.3) is 0 Å². The third kappa shape index (κ3) is 2.82. The van der Waals surface area contributed by atoms with E-state index in [0.29, 0.717) is 5.15 Å². The third-order valence-corrected chi connectivity index (χ3v) is 1.44. The second kappa shape index (κ2) is 4.26. The van der Waals surface area contributed by atoms with Crippen LogP contribution in [0, 0.1) is 0 Å². The first-order valence-corrected chi connectivity index (χ1v) is 3.89. The molecule has 0 aliphatic heterocycles. The van der Waals surface area contributed by atoms with Gasteiger partial charge in [-0.05, 0) is 18.7 Å². The molecule has 0 amide bonds. The van der Waals surface area contributed by atoms with Crippen molar-refractivity contribution in [2.75, 3.05) is 6.54 Å². The van der Waals surface area contributed by atoms with Gasteiger partial charge in [-0.2, -0.15) is 5.10 Å². The minimum absolute atomic E-state index is 0.435. The minimum Gasteiger partial charge on any atom is -0.311 e. The lowest BCUT2D eigenvalue weighted by Gasteiger charge is -1.98. The van der Waals surface area contributed by atoms with Gasteiger partial charge in [0.15, 0.2) is 5.15 Å². The number of aromatic nitrogens is 2. The van der Waals surface area contributed by atoms with E-state index in [9.17, 15) is 0 Å². The Labute approximate surface area is 70.8 Å². The molecule has 0 saturated heterocycles. The smallest absolute Gasteiger partial charge is 0.151 e. The largest absolute Gasteiger partial charge is 0.311 e. The molecule has 1 rings (SSSR count). The van der Waals surface area contributed by atoms with Crippen molar-refractivity contribution in [3.8, 4) is 0 Å². The summed E-state index contributed by atoms with van der Waals surface area (Å²) < 4.78 is 0. The summed E-state index contributed by atoms with van der Waals surface area (Å²) in [6, 6.07) is 3.60. The van der Waals surface area contributed by atoms with Crippen molar-refractivity contribution in [3.05, 3.63) is 23.0 Å². The molecular formula is C7H10ClN3. The molecule has 3 nitrogen and oxygen atoms in total. The van der Waals surface area contributed by atoms with Crippen LogP contribution in [-0.4, -0.2) is 16.7 Å².